The highest BCUT2D eigenvalue weighted by atomic mass is 15.2. The standard InChI is InChI=1S/C60H51N/c1-59(2)55-27-15-13-25-50(55)52-35-33-45(38-57(52)59)61(44-31-29-40(30-32-44)54-37-41-17-9-10-22-47(41)48-23-11-12-24-49(48)54)46-34-36-53-51-26-14-16-28-56(51)60(58(53)39-46,42-18-5-3-6-19-42)43-20-7-4-8-21-43/h3-9,12-21,24-31,33-39,44,53,58H,10-11,22-23,32H2,1-2H3/i29D,30D,31D,32D. The van der Waals surface area contributed by atoms with E-state index in [2.05, 4.69) is 195 Å². The molecular weight excluding hydrogens is 735 g/mol. The van der Waals surface area contributed by atoms with Gasteiger partial charge in [0.15, 0.2) is 0 Å². The van der Waals surface area contributed by atoms with E-state index in [4.69, 9.17) is 0 Å². The molecule has 6 aliphatic carbocycles. The van der Waals surface area contributed by atoms with E-state index in [0.717, 1.165) is 53.8 Å². The van der Waals surface area contributed by atoms with Gasteiger partial charge in [-0.2, -0.15) is 0 Å². The summed E-state index contributed by atoms with van der Waals surface area (Å²) in [6.45, 7) is 4.57. The average Bonchev–Trinajstić information content (AvgIpc) is 3.77. The van der Waals surface area contributed by atoms with Gasteiger partial charge >= 0.3 is 0 Å². The molecule has 0 aliphatic heterocycles. The van der Waals surface area contributed by atoms with Crippen molar-refractivity contribution < 1.29 is 5.48 Å². The third-order valence-corrected chi connectivity index (χ3v) is 14.6. The highest BCUT2D eigenvalue weighted by Crippen LogP contribution is 2.60. The molecule has 4 atom stereocenters. The average molecular weight is 790 g/mol. The van der Waals surface area contributed by atoms with Crippen molar-refractivity contribution in [3.8, 4) is 11.1 Å². The van der Waals surface area contributed by atoms with Crippen LogP contribution in [-0.2, 0) is 23.7 Å². The number of hydrogen-bond acceptors (Lipinski definition) is 1. The first-order valence-corrected chi connectivity index (χ1v) is 22.2. The molecule has 6 aromatic carbocycles. The Morgan fingerprint density at radius 1 is 0.656 bits per heavy atom. The summed E-state index contributed by atoms with van der Waals surface area (Å²) < 4.78 is 40.2. The van der Waals surface area contributed by atoms with Crippen LogP contribution in [0.3, 0.4) is 0 Å². The van der Waals surface area contributed by atoms with Crippen LogP contribution in [0, 0.1) is 5.92 Å². The molecule has 6 aliphatic rings. The van der Waals surface area contributed by atoms with E-state index in [-0.39, 0.29) is 35.4 Å². The van der Waals surface area contributed by atoms with Gasteiger partial charge in [0.05, 0.1) is 15.6 Å². The van der Waals surface area contributed by atoms with E-state index in [1.165, 1.54) is 55.6 Å². The first-order valence-electron chi connectivity index (χ1n) is 24.2. The van der Waals surface area contributed by atoms with E-state index >= 15 is 0 Å². The van der Waals surface area contributed by atoms with Crippen LogP contribution in [0.5, 0.6) is 0 Å². The van der Waals surface area contributed by atoms with Gasteiger partial charge in [-0.3, -0.25) is 0 Å². The zero-order valence-electron chi connectivity index (χ0n) is 38.8. The Balaban J connectivity index is 1.07. The Hall–Kier alpha value is -6.44. The fourth-order valence-corrected chi connectivity index (χ4v) is 11.9. The lowest BCUT2D eigenvalue weighted by Gasteiger charge is -2.42. The number of rotatable bonds is 6. The van der Waals surface area contributed by atoms with Gasteiger partial charge in [-0.05, 0) is 134 Å². The topological polar surface area (TPSA) is 3.24 Å². The summed E-state index contributed by atoms with van der Waals surface area (Å²) in [6, 6.07) is 47.3. The van der Waals surface area contributed by atoms with Crippen LogP contribution in [0.1, 0.15) is 106 Å². The van der Waals surface area contributed by atoms with Gasteiger partial charge in [0.25, 0.3) is 0 Å². The van der Waals surface area contributed by atoms with Crippen LogP contribution >= 0.6 is 0 Å². The number of fused-ring (bicyclic) bond motifs is 9. The van der Waals surface area contributed by atoms with Crippen LogP contribution in [0.15, 0.2) is 188 Å². The highest BCUT2D eigenvalue weighted by molar-refractivity contribution is 5.87. The van der Waals surface area contributed by atoms with Gasteiger partial charge in [0, 0.05) is 30.0 Å². The van der Waals surface area contributed by atoms with Gasteiger partial charge in [0.2, 0.25) is 0 Å². The summed E-state index contributed by atoms with van der Waals surface area (Å²) in [5, 5.41) is 0. The zero-order valence-corrected chi connectivity index (χ0v) is 34.8. The Morgan fingerprint density at radius 2 is 1.34 bits per heavy atom. The fraction of sp³-hybridized carbons (Fsp3) is 0.200. The number of anilines is 1. The Labute approximate surface area is 367 Å². The summed E-state index contributed by atoms with van der Waals surface area (Å²) in [4.78, 5) is 2.15. The molecular formula is C60H51N. The molecule has 0 spiro atoms. The van der Waals surface area contributed by atoms with Crippen molar-refractivity contribution in [2.24, 2.45) is 5.92 Å². The normalized spacial score (nSPS) is 24.3. The molecule has 6 aromatic rings. The minimum absolute atomic E-state index is 0.0257. The molecule has 0 amide bonds. The molecule has 0 N–H and O–H groups in total. The maximum absolute atomic E-state index is 10.2. The molecule has 12 rings (SSSR count). The van der Waals surface area contributed by atoms with Crippen molar-refractivity contribution in [2.45, 2.75) is 68.7 Å². The molecule has 0 fully saturated rings. The Bertz CT molecular complexity index is 3110. The van der Waals surface area contributed by atoms with Crippen molar-refractivity contribution in [3.63, 3.8) is 0 Å². The van der Waals surface area contributed by atoms with Gasteiger partial charge < -0.3 is 4.90 Å². The molecule has 1 nitrogen and oxygen atoms in total. The summed E-state index contributed by atoms with van der Waals surface area (Å²) in [5.41, 5.74) is 16.9. The molecule has 4 unspecified atom stereocenters. The summed E-state index contributed by atoms with van der Waals surface area (Å²) in [7, 11) is 0. The van der Waals surface area contributed by atoms with Gasteiger partial charge in [-0.15, -0.1) is 0 Å². The number of allylic oxidation sites excluding steroid dienone is 7. The second-order valence-corrected chi connectivity index (χ2v) is 18.1. The van der Waals surface area contributed by atoms with E-state index in [1.54, 1.807) is 0 Å². The molecule has 0 aromatic heterocycles. The van der Waals surface area contributed by atoms with Gasteiger partial charge in [-0.1, -0.05) is 184 Å². The molecule has 0 radical (unpaired) electrons. The first-order chi connectivity index (χ1) is 31.7. The maximum atomic E-state index is 10.2. The van der Waals surface area contributed by atoms with E-state index in [1.807, 2.05) is 0 Å². The van der Waals surface area contributed by atoms with Gasteiger partial charge in [0.1, 0.15) is 0 Å². The lowest BCUT2D eigenvalue weighted by atomic mass is 9.63. The maximum Gasteiger partial charge on any atom is 0.0627 e. The molecule has 0 saturated carbocycles. The van der Waals surface area contributed by atoms with E-state index < -0.39 is 17.9 Å². The van der Waals surface area contributed by atoms with Crippen LogP contribution in [0.2, 0.25) is 0 Å². The third kappa shape index (κ3) is 5.46. The highest BCUT2D eigenvalue weighted by Gasteiger charge is 2.53. The minimum Gasteiger partial charge on any atom is -0.334 e. The second kappa shape index (κ2) is 14.1. The van der Waals surface area contributed by atoms with Crippen LogP contribution in [0.4, 0.5) is 5.69 Å². The Kier molecular flexibility index (Phi) is 7.46. The predicted molar refractivity (Wildman–Crippen MR) is 256 cm³/mol. The van der Waals surface area contributed by atoms with E-state index in [0.29, 0.717) is 5.57 Å². The molecule has 0 bridgehead atoms. The third-order valence-electron chi connectivity index (χ3n) is 14.6. The quantitative estimate of drug-likeness (QED) is 0.162. The number of benzene rings is 6. The van der Waals surface area contributed by atoms with Crippen LogP contribution in [0.25, 0.3) is 28.9 Å². The SMILES string of the molecule is [2H]C1=C([2H])C(N(C2=CC3C(C=C2)c2ccccc2C3(c2ccccc2)c2ccccc2)c2ccc3c(c2)C(C)(C)c2ccccc2-3)C([2H])C([2H])=C1c1cc2c(c3c1C=CCC3)CCC=C2. The van der Waals surface area contributed by atoms with Crippen molar-refractivity contribution in [2.75, 3.05) is 4.90 Å². The number of hydrogen-bond donors (Lipinski definition) is 0. The van der Waals surface area contributed by atoms with Crippen LogP contribution < -0.4 is 4.90 Å². The summed E-state index contributed by atoms with van der Waals surface area (Å²) >= 11 is 0. The lowest BCUT2D eigenvalue weighted by molar-refractivity contribution is 0.452. The second-order valence-electron chi connectivity index (χ2n) is 18.1. The lowest BCUT2D eigenvalue weighted by Crippen LogP contribution is -2.38. The van der Waals surface area contributed by atoms with Crippen molar-refractivity contribution in [3.05, 3.63) is 249 Å². The summed E-state index contributed by atoms with van der Waals surface area (Å²) in [6.07, 6.45) is 18.4. The largest absolute Gasteiger partial charge is 0.334 e. The fourth-order valence-electron chi connectivity index (χ4n) is 11.9. The molecule has 1 heteroatoms. The predicted octanol–water partition coefficient (Wildman–Crippen LogP) is 14.3. The van der Waals surface area contributed by atoms with Crippen molar-refractivity contribution >= 4 is 23.4 Å². The van der Waals surface area contributed by atoms with Crippen molar-refractivity contribution in [1.82, 2.24) is 0 Å². The zero-order chi connectivity index (χ0) is 44.2. The van der Waals surface area contributed by atoms with Crippen molar-refractivity contribution in [1.29, 1.82) is 0 Å². The Morgan fingerprint density at radius 3 is 2.15 bits per heavy atom. The molecule has 296 valence electrons. The molecule has 0 heterocycles. The smallest absolute Gasteiger partial charge is 0.0627 e. The minimum atomic E-state index is -1.15. The monoisotopic (exact) mass is 789 g/mol. The molecule has 61 heavy (non-hydrogen) atoms. The van der Waals surface area contributed by atoms with Gasteiger partial charge in [-0.25, -0.2) is 0 Å². The van der Waals surface area contributed by atoms with Crippen LogP contribution in [-0.4, -0.2) is 6.04 Å². The first kappa shape index (κ1) is 32.3. The number of nitrogens with zero attached hydrogens (tertiary/aromatic N) is 1. The van der Waals surface area contributed by atoms with E-state index in [9.17, 15) is 5.48 Å². The summed E-state index contributed by atoms with van der Waals surface area (Å²) in [5.74, 6) is 0.00395. The molecule has 0 saturated heterocycles.